The summed E-state index contributed by atoms with van der Waals surface area (Å²) < 4.78 is 6.06. The van der Waals surface area contributed by atoms with E-state index in [1.54, 1.807) is 18.3 Å². The zero-order valence-corrected chi connectivity index (χ0v) is 13.3. The van der Waals surface area contributed by atoms with Crippen LogP contribution in [-0.4, -0.2) is 10.9 Å². The molecule has 1 heterocycles. The number of pyridine rings is 1. The summed E-state index contributed by atoms with van der Waals surface area (Å²) in [5.74, 6) is 0.575. The molecule has 23 heavy (non-hydrogen) atoms. The highest BCUT2D eigenvalue weighted by Crippen LogP contribution is 2.37. The molecule has 0 radical (unpaired) electrons. The van der Waals surface area contributed by atoms with Gasteiger partial charge in [-0.1, -0.05) is 24.2 Å². The molecule has 0 aliphatic heterocycles. The fraction of sp³-hybridized carbons (Fsp3) is 0.222. The van der Waals surface area contributed by atoms with E-state index in [1.165, 1.54) is 6.08 Å². The van der Waals surface area contributed by atoms with E-state index < -0.39 is 0 Å². The summed E-state index contributed by atoms with van der Waals surface area (Å²) in [7, 11) is 0. The summed E-state index contributed by atoms with van der Waals surface area (Å²) in [6.45, 7) is 3.50. The Kier molecular flexibility index (Phi) is 4.63. The zero-order chi connectivity index (χ0) is 16.2. The van der Waals surface area contributed by atoms with Crippen LogP contribution in [0.15, 0.2) is 55.3 Å². The minimum atomic E-state index is -0.179. The number of amides is 1. The van der Waals surface area contributed by atoms with E-state index >= 15 is 0 Å². The van der Waals surface area contributed by atoms with Crippen LogP contribution in [0.3, 0.4) is 0 Å². The number of carbonyl (C=O) groups is 1. The van der Waals surface area contributed by atoms with Gasteiger partial charge in [0.25, 0.3) is 0 Å². The summed E-state index contributed by atoms with van der Waals surface area (Å²) in [5.41, 5.74) is 1.86. The van der Waals surface area contributed by atoms with Crippen molar-refractivity contribution in [2.24, 2.45) is 0 Å². The molecule has 3 rings (SSSR count). The second-order valence-electron chi connectivity index (χ2n) is 5.38. The number of benzene rings is 1. The first kappa shape index (κ1) is 15.6. The molecule has 0 spiro atoms. The van der Waals surface area contributed by atoms with Gasteiger partial charge in [-0.05, 0) is 54.8 Å². The molecular weight excluding hydrogens is 312 g/mol. The average molecular weight is 329 g/mol. The van der Waals surface area contributed by atoms with Gasteiger partial charge in [0.05, 0.1) is 11.7 Å². The van der Waals surface area contributed by atoms with Gasteiger partial charge in [-0.2, -0.15) is 0 Å². The first-order valence-electron chi connectivity index (χ1n) is 7.47. The lowest BCUT2D eigenvalue weighted by Gasteiger charge is -2.31. The monoisotopic (exact) mass is 328 g/mol. The van der Waals surface area contributed by atoms with Crippen LogP contribution in [0, 0.1) is 0 Å². The normalized spacial score (nSPS) is 19.5. The topological polar surface area (TPSA) is 51.2 Å². The number of nitrogens with one attached hydrogen (secondary N) is 1. The number of fused-ring (bicyclic) bond motifs is 1. The number of hydrogen-bond acceptors (Lipinski definition) is 3. The first-order valence-corrected chi connectivity index (χ1v) is 7.85. The van der Waals surface area contributed by atoms with Crippen LogP contribution in [0.4, 0.5) is 0 Å². The molecular formula is C18H17ClN2O2. The molecule has 0 saturated heterocycles. The average Bonchev–Trinajstić information content (AvgIpc) is 2.59. The fourth-order valence-electron chi connectivity index (χ4n) is 2.78. The van der Waals surface area contributed by atoms with Gasteiger partial charge in [-0.15, -0.1) is 0 Å². The Labute approximate surface area is 140 Å². The minimum absolute atomic E-state index is 0.0609. The van der Waals surface area contributed by atoms with E-state index in [2.05, 4.69) is 16.9 Å². The number of halogens is 1. The van der Waals surface area contributed by atoms with Gasteiger partial charge in [-0.3, -0.25) is 9.78 Å². The van der Waals surface area contributed by atoms with Crippen molar-refractivity contribution in [3.63, 3.8) is 0 Å². The zero-order valence-electron chi connectivity index (χ0n) is 12.5. The Morgan fingerprint density at radius 1 is 1.30 bits per heavy atom. The van der Waals surface area contributed by atoms with Gasteiger partial charge >= 0.3 is 0 Å². The summed E-state index contributed by atoms with van der Waals surface area (Å²) in [4.78, 5) is 16.1. The molecule has 118 valence electrons. The molecule has 0 unspecified atom stereocenters. The largest absolute Gasteiger partial charge is 0.484 e. The molecule has 0 bridgehead atoms. The lowest BCUT2D eigenvalue weighted by Crippen LogP contribution is -2.32. The lowest BCUT2D eigenvalue weighted by molar-refractivity contribution is -0.117. The maximum Gasteiger partial charge on any atom is 0.243 e. The third kappa shape index (κ3) is 3.54. The smallest absolute Gasteiger partial charge is 0.243 e. The van der Waals surface area contributed by atoms with E-state index in [4.69, 9.17) is 16.3 Å². The van der Waals surface area contributed by atoms with Crippen LogP contribution in [0.25, 0.3) is 0 Å². The van der Waals surface area contributed by atoms with Crippen molar-refractivity contribution in [1.29, 1.82) is 0 Å². The highest BCUT2D eigenvalue weighted by atomic mass is 35.5. The fourth-order valence-corrected chi connectivity index (χ4v) is 2.90. The first-order chi connectivity index (χ1) is 11.2. The molecule has 0 saturated carbocycles. The number of ether oxygens (including phenoxy) is 1. The van der Waals surface area contributed by atoms with Gasteiger partial charge < -0.3 is 10.1 Å². The third-order valence-electron chi connectivity index (χ3n) is 3.86. The van der Waals surface area contributed by atoms with Crippen molar-refractivity contribution in [3.05, 3.63) is 71.5 Å². The van der Waals surface area contributed by atoms with Crippen LogP contribution in [0.2, 0.25) is 5.02 Å². The number of carbonyl (C=O) groups excluding carboxylic acids is 1. The van der Waals surface area contributed by atoms with E-state index in [0.29, 0.717) is 5.02 Å². The van der Waals surface area contributed by atoms with E-state index in [0.717, 1.165) is 29.8 Å². The predicted octanol–water partition coefficient (Wildman–Crippen LogP) is 3.99. The van der Waals surface area contributed by atoms with Crippen LogP contribution < -0.4 is 10.1 Å². The van der Waals surface area contributed by atoms with Crippen molar-refractivity contribution < 1.29 is 9.53 Å². The maximum absolute atomic E-state index is 11.6. The van der Waals surface area contributed by atoms with Crippen molar-refractivity contribution in [2.45, 2.75) is 25.0 Å². The van der Waals surface area contributed by atoms with Crippen molar-refractivity contribution >= 4 is 17.5 Å². The van der Waals surface area contributed by atoms with E-state index in [9.17, 15) is 4.79 Å². The van der Waals surface area contributed by atoms with Crippen molar-refractivity contribution in [2.75, 3.05) is 0 Å². The number of hydrogen-bond donors (Lipinski definition) is 1. The van der Waals surface area contributed by atoms with Gasteiger partial charge in [0.15, 0.2) is 0 Å². The molecule has 1 aliphatic rings. The Balaban J connectivity index is 1.83. The summed E-state index contributed by atoms with van der Waals surface area (Å²) >= 11 is 5.90. The van der Waals surface area contributed by atoms with Gasteiger partial charge in [0, 0.05) is 11.2 Å². The maximum atomic E-state index is 11.6. The van der Waals surface area contributed by atoms with Crippen LogP contribution in [0.1, 0.15) is 36.2 Å². The lowest BCUT2D eigenvalue weighted by atomic mass is 9.89. The second kappa shape index (κ2) is 6.84. The molecule has 5 heteroatoms. The number of nitrogens with zero attached hydrogens (tertiary/aromatic N) is 1. The summed E-state index contributed by atoms with van der Waals surface area (Å²) in [6.07, 6.45) is 4.45. The summed E-state index contributed by atoms with van der Waals surface area (Å²) in [5, 5.41) is 3.62. The van der Waals surface area contributed by atoms with Gasteiger partial charge in [0.1, 0.15) is 11.9 Å². The van der Waals surface area contributed by atoms with E-state index in [1.807, 2.05) is 24.3 Å². The SMILES string of the molecule is C=CC(=O)N[C@H]1CC[C@@H](Oc2ccc(Cl)cc2)c2ncccc21. The quantitative estimate of drug-likeness (QED) is 0.863. The van der Waals surface area contributed by atoms with Crippen LogP contribution in [-0.2, 0) is 4.79 Å². The molecule has 1 aromatic heterocycles. The Hall–Kier alpha value is -2.33. The number of aromatic nitrogens is 1. The predicted molar refractivity (Wildman–Crippen MR) is 89.4 cm³/mol. The van der Waals surface area contributed by atoms with Gasteiger partial charge in [0.2, 0.25) is 5.91 Å². The Morgan fingerprint density at radius 3 is 2.83 bits per heavy atom. The highest BCUT2D eigenvalue weighted by molar-refractivity contribution is 6.30. The third-order valence-corrected chi connectivity index (χ3v) is 4.12. The van der Waals surface area contributed by atoms with Crippen LogP contribution >= 0.6 is 11.6 Å². The molecule has 1 aliphatic carbocycles. The summed E-state index contributed by atoms with van der Waals surface area (Å²) in [6, 6.07) is 11.1. The molecule has 0 fully saturated rings. The molecule has 4 nitrogen and oxygen atoms in total. The minimum Gasteiger partial charge on any atom is -0.484 e. The molecule has 1 amide bonds. The Bertz CT molecular complexity index is 715. The molecule has 2 aromatic rings. The Morgan fingerprint density at radius 2 is 2.09 bits per heavy atom. The van der Waals surface area contributed by atoms with Crippen molar-refractivity contribution in [1.82, 2.24) is 10.3 Å². The van der Waals surface area contributed by atoms with E-state index in [-0.39, 0.29) is 18.1 Å². The standard InChI is InChI=1S/C18H17ClN2O2/c1-2-17(22)21-15-9-10-16(18-14(15)4-3-11-20-18)23-13-7-5-12(19)6-8-13/h2-8,11,15-16H,1,9-10H2,(H,21,22)/t15-,16+/m0/s1. The van der Waals surface area contributed by atoms with Crippen LogP contribution in [0.5, 0.6) is 5.75 Å². The molecule has 1 N–H and O–H groups in total. The highest BCUT2D eigenvalue weighted by Gasteiger charge is 2.30. The molecule has 1 aromatic carbocycles. The van der Waals surface area contributed by atoms with Crippen molar-refractivity contribution in [3.8, 4) is 5.75 Å². The second-order valence-corrected chi connectivity index (χ2v) is 5.82. The number of rotatable bonds is 4. The van der Waals surface area contributed by atoms with Gasteiger partial charge in [-0.25, -0.2) is 0 Å². The molecule has 2 atom stereocenters.